The van der Waals surface area contributed by atoms with Crippen molar-refractivity contribution in [3.05, 3.63) is 68.6 Å². The highest BCUT2D eigenvalue weighted by Gasteiger charge is 2.17. The van der Waals surface area contributed by atoms with Gasteiger partial charge in [0.05, 0.1) is 10.5 Å². The van der Waals surface area contributed by atoms with E-state index in [4.69, 9.17) is 5.53 Å². The smallest absolute Gasteiger partial charge is 0.258 e. The quantitative estimate of drug-likeness (QED) is 0.202. The van der Waals surface area contributed by atoms with Crippen molar-refractivity contribution in [3.8, 4) is 11.1 Å². The highest BCUT2D eigenvalue weighted by Crippen LogP contribution is 2.36. The fraction of sp³-hybridized carbons (Fsp3) is 0.143. The van der Waals surface area contributed by atoms with E-state index >= 15 is 0 Å². The first-order valence-corrected chi connectivity index (χ1v) is 7.22. The van der Waals surface area contributed by atoms with E-state index in [1.807, 2.05) is 6.07 Å². The molecule has 0 aliphatic heterocycles. The van der Waals surface area contributed by atoms with Crippen LogP contribution in [0.1, 0.15) is 5.56 Å². The molecule has 2 aromatic carbocycles. The molecule has 2 aromatic rings. The minimum atomic E-state index is -0.423. The van der Waals surface area contributed by atoms with Crippen molar-refractivity contribution in [2.45, 2.75) is 6.42 Å². The molecule has 0 heterocycles. The van der Waals surface area contributed by atoms with Crippen LogP contribution in [-0.2, 0) is 6.42 Å². The number of benzene rings is 2. The number of nitro benzene ring substituents is 1. The minimum absolute atomic E-state index is 0.00679. The van der Waals surface area contributed by atoms with E-state index in [-0.39, 0.29) is 5.69 Å². The third kappa shape index (κ3) is 3.62. The molecule has 0 saturated carbocycles. The number of nitrogens with one attached hydrogen (secondary N) is 1. The summed E-state index contributed by atoms with van der Waals surface area (Å²) in [7, 11) is 0. The van der Waals surface area contributed by atoms with Crippen LogP contribution in [0, 0.1) is 10.1 Å². The first-order valence-electron chi connectivity index (χ1n) is 6.42. The van der Waals surface area contributed by atoms with Gasteiger partial charge in [-0.15, -0.1) is 0 Å². The Labute approximate surface area is 135 Å². The maximum atomic E-state index is 11.4. The van der Waals surface area contributed by atoms with Crippen LogP contribution >= 0.6 is 16.1 Å². The Hall–Kier alpha value is -2.41. The molecule has 0 radical (unpaired) electrons. The van der Waals surface area contributed by atoms with Gasteiger partial charge in [-0.2, -0.15) is 0 Å². The Morgan fingerprint density at radius 1 is 1.27 bits per heavy atom. The zero-order chi connectivity index (χ0) is 15.9. The van der Waals surface area contributed by atoms with Gasteiger partial charge in [0.15, 0.2) is 0 Å². The average molecular weight is 362 g/mol. The van der Waals surface area contributed by atoms with Gasteiger partial charge in [0.1, 0.15) is 0 Å². The summed E-state index contributed by atoms with van der Waals surface area (Å²) in [5.41, 5.74) is 10.8. The Morgan fingerprint density at radius 2 is 2.05 bits per heavy atom. The molecule has 7 nitrogen and oxygen atoms in total. The minimum Gasteiger partial charge on any atom is -0.258 e. The molecule has 0 unspecified atom stereocenters. The average Bonchev–Trinajstić information content (AvgIpc) is 2.53. The molecule has 0 spiro atoms. The zero-order valence-corrected chi connectivity index (χ0v) is 13.0. The Balaban J connectivity index is 2.55. The lowest BCUT2D eigenvalue weighted by molar-refractivity contribution is -0.384. The highest BCUT2D eigenvalue weighted by atomic mass is 79.9. The molecule has 0 atom stereocenters. The topological polar surface area (TPSA) is 104 Å². The van der Waals surface area contributed by atoms with Gasteiger partial charge in [-0.05, 0) is 29.1 Å². The molecule has 0 bridgehead atoms. The molecule has 0 aliphatic carbocycles. The molecule has 0 saturated heterocycles. The summed E-state index contributed by atoms with van der Waals surface area (Å²) < 4.78 is 2.82. The summed E-state index contributed by atoms with van der Waals surface area (Å²) in [6.45, 7) is 0.659. The van der Waals surface area contributed by atoms with E-state index < -0.39 is 4.92 Å². The van der Waals surface area contributed by atoms with Crippen LogP contribution in [-0.4, -0.2) is 11.5 Å². The maximum Gasteiger partial charge on any atom is 0.277 e. The van der Waals surface area contributed by atoms with Crippen LogP contribution in [0.15, 0.2) is 47.6 Å². The standard InChI is InChI=1S/C14H12BrN5O2/c15-17-8-7-10-5-6-12(14(9-10)20(21)22)11-3-1-2-4-13(11)18-19-16/h1-6,9,17H,7-8H2. The molecule has 1 N–H and O–H groups in total. The van der Waals surface area contributed by atoms with Crippen LogP contribution in [0.2, 0.25) is 0 Å². The molecule has 0 amide bonds. The monoisotopic (exact) mass is 361 g/mol. The third-order valence-corrected chi connectivity index (χ3v) is 3.51. The maximum absolute atomic E-state index is 11.4. The Bertz CT molecular complexity index is 744. The third-order valence-electron chi connectivity index (χ3n) is 3.11. The van der Waals surface area contributed by atoms with E-state index in [0.29, 0.717) is 29.8 Å². The zero-order valence-electron chi connectivity index (χ0n) is 11.4. The van der Waals surface area contributed by atoms with E-state index in [0.717, 1.165) is 5.56 Å². The largest absolute Gasteiger partial charge is 0.277 e. The van der Waals surface area contributed by atoms with Gasteiger partial charge in [-0.25, -0.2) is 0 Å². The molecule has 0 aliphatic rings. The second-order valence-electron chi connectivity index (χ2n) is 4.45. The van der Waals surface area contributed by atoms with Crippen molar-refractivity contribution in [1.29, 1.82) is 0 Å². The van der Waals surface area contributed by atoms with E-state index in [1.54, 1.807) is 36.4 Å². The normalized spacial score (nSPS) is 10.0. The van der Waals surface area contributed by atoms with Gasteiger partial charge in [0.2, 0.25) is 0 Å². The Morgan fingerprint density at radius 3 is 2.73 bits per heavy atom. The van der Waals surface area contributed by atoms with Crippen molar-refractivity contribution < 1.29 is 4.92 Å². The van der Waals surface area contributed by atoms with Gasteiger partial charge < -0.3 is 0 Å². The summed E-state index contributed by atoms with van der Waals surface area (Å²) in [6.07, 6.45) is 0.657. The summed E-state index contributed by atoms with van der Waals surface area (Å²) in [5.74, 6) is 0. The molecular weight excluding hydrogens is 350 g/mol. The molecule has 0 aromatic heterocycles. The number of hydrogen-bond donors (Lipinski definition) is 1. The molecule has 2 rings (SSSR count). The Kier molecular flexibility index (Phi) is 5.48. The first-order chi connectivity index (χ1) is 10.7. The predicted molar refractivity (Wildman–Crippen MR) is 88.0 cm³/mol. The van der Waals surface area contributed by atoms with Gasteiger partial charge in [0, 0.05) is 39.4 Å². The predicted octanol–water partition coefficient (Wildman–Crippen LogP) is 4.65. The summed E-state index contributed by atoms with van der Waals surface area (Å²) in [5, 5.41) is 15.0. The fourth-order valence-electron chi connectivity index (χ4n) is 2.14. The van der Waals surface area contributed by atoms with Gasteiger partial charge in [-0.1, -0.05) is 35.4 Å². The molecular formula is C14H12BrN5O2. The van der Waals surface area contributed by atoms with E-state index in [1.165, 1.54) is 0 Å². The number of halogens is 1. The lowest BCUT2D eigenvalue weighted by Gasteiger charge is -2.08. The van der Waals surface area contributed by atoms with Gasteiger partial charge in [-0.3, -0.25) is 14.5 Å². The summed E-state index contributed by atoms with van der Waals surface area (Å²) in [6, 6.07) is 11.9. The van der Waals surface area contributed by atoms with Crippen LogP contribution < -0.4 is 4.34 Å². The second kappa shape index (κ2) is 7.56. The lowest BCUT2D eigenvalue weighted by atomic mass is 9.99. The van der Waals surface area contributed by atoms with Crippen molar-refractivity contribution in [2.75, 3.05) is 6.54 Å². The SMILES string of the molecule is [N-]=[N+]=Nc1ccccc1-c1ccc(CCNBr)cc1[N+](=O)[O-]. The second-order valence-corrected chi connectivity index (χ2v) is 5.01. The van der Waals surface area contributed by atoms with Crippen molar-refractivity contribution in [2.24, 2.45) is 5.11 Å². The van der Waals surface area contributed by atoms with Crippen molar-refractivity contribution >= 4 is 27.5 Å². The van der Waals surface area contributed by atoms with Crippen molar-refractivity contribution in [1.82, 2.24) is 4.34 Å². The summed E-state index contributed by atoms with van der Waals surface area (Å²) in [4.78, 5) is 13.7. The van der Waals surface area contributed by atoms with Gasteiger partial charge >= 0.3 is 0 Å². The lowest BCUT2D eigenvalue weighted by Crippen LogP contribution is -2.04. The molecule has 0 fully saturated rings. The van der Waals surface area contributed by atoms with Crippen molar-refractivity contribution in [3.63, 3.8) is 0 Å². The number of nitro groups is 1. The molecule has 22 heavy (non-hydrogen) atoms. The molecule has 112 valence electrons. The highest BCUT2D eigenvalue weighted by molar-refractivity contribution is 9.08. The number of nitrogens with zero attached hydrogens (tertiary/aromatic N) is 4. The van der Waals surface area contributed by atoms with Crippen LogP contribution in [0.4, 0.5) is 11.4 Å². The number of azide groups is 1. The summed E-state index contributed by atoms with van der Waals surface area (Å²) >= 11 is 3.10. The first kappa shape index (κ1) is 16.0. The van der Waals surface area contributed by atoms with E-state index in [2.05, 4.69) is 30.5 Å². The fourth-order valence-corrected chi connectivity index (χ4v) is 2.34. The molecule has 8 heteroatoms. The number of rotatable bonds is 6. The van der Waals surface area contributed by atoms with Gasteiger partial charge in [0.25, 0.3) is 5.69 Å². The van der Waals surface area contributed by atoms with Crippen LogP contribution in [0.25, 0.3) is 21.6 Å². The van der Waals surface area contributed by atoms with Crippen LogP contribution in [0.5, 0.6) is 0 Å². The number of hydrogen-bond acceptors (Lipinski definition) is 4. The van der Waals surface area contributed by atoms with E-state index in [9.17, 15) is 10.1 Å². The van der Waals surface area contributed by atoms with Crippen LogP contribution in [0.3, 0.4) is 0 Å².